The number of aromatic amines is 1. The Morgan fingerprint density at radius 1 is 1.09 bits per heavy atom. The van der Waals surface area contributed by atoms with Gasteiger partial charge in [0.2, 0.25) is 0 Å². The van der Waals surface area contributed by atoms with Crippen LogP contribution in [0.3, 0.4) is 0 Å². The van der Waals surface area contributed by atoms with Crippen LogP contribution in [0, 0.1) is 0 Å². The summed E-state index contributed by atoms with van der Waals surface area (Å²) in [6.07, 6.45) is 4.47. The number of rotatable bonds is 7. The summed E-state index contributed by atoms with van der Waals surface area (Å²) in [6.45, 7) is 3.39. The molecule has 0 spiro atoms. The maximum atomic E-state index is 12.6. The van der Waals surface area contributed by atoms with Crippen LogP contribution in [0.15, 0.2) is 53.5 Å². The smallest absolute Gasteiger partial charge is 0.255 e. The first-order valence-corrected chi connectivity index (χ1v) is 11.5. The van der Waals surface area contributed by atoms with Crippen molar-refractivity contribution in [1.29, 1.82) is 0 Å². The number of nitrogens with zero attached hydrogens (tertiary/aromatic N) is 1. The van der Waals surface area contributed by atoms with Crippen LogP contribution >= 0.6 is 23.2 Å². The Kier molecular flexibility index (Phi) is 7.35. The van der Waals surface area contributed by atoms with Gasteiger partial charge in [0.1, 0.15) is 11.9 Å². The number of carbonyl (C=O) groups is 1. The number of pyridine rings is 1. The van der Waals surface area contributed by atoms with Crippen LogP contribution < -0.4 is 15.6 Å². The molecule has 0 atom stereocenters. The van der Waals surface area contributed by atoms with Gasteiger partial charge in [0.25, 0.3) is 11.5 Å². The number of piperidine rings is 1. The van der Waals surface area contributed by atoms with Crippen LogP contribution in [0.2, 0.25) is 10.0 Å². The van der Waals surface area contributed by atoms with E-state index in [0.717, 1.165) is 44.6 Å². The Labute approximate surface area is 196 Å². The lowest BCUT2D eigenvalue weighted by atomic mass is 10.1. The highest BCUT2D eigenvalue weighted by molar-refractivity contribution is 6.42. The molecule has 0 radical (unpaired) electrons. The van der Waals surface area contributed by atoms with E-state index in [1.807, 2.05) is 6.07 Å². The molecule has 8 heteroatoms. The molecule has 1 aliphatic rings. The number of fused-ring (bicyclic) bond motifs is 1. The van der Waals surface area contributed by atoms with E-state index in [1.165, 1.54) is 0 Å². The SMILES string of the molecule is O=C(NCCCN1CCC(Oc2ccc(Cl)c(Cl)c2)CC1)c1cccc2c(=O)[nH]ccc12. The number of amides is 1. The normalized spacial score (nSPS) is 15.1. The van der Waals surface area contributed by atoms with Crippen molar-refractivity contribution in [2.75, 3.05) is 26.2 Å². The first kappa shape index (κ1) is 22.6. The topological polar surface area (TPSA) is 74.4 Å². The molecule has 1 aliphatic heterocycles. The van der Waals surface area contributed by atoms with Gasteiger partial charge < -0.3 is 19.9 Å². The molecule has 0 bridgehead atoms. The van der Waals surface area contributed by atoms with Crippen molar-refractivity contribution in [2.45, 2.75) is 25.4 Å². The van der Waals surface area contributed by atoms with Crippen LogP contribution in [0.25, 0.3) is 10.8 Å². The third kappa shape index (κ3) is 5.44. The van der Waals surface area contributed by atoms with Crippen molar-refractivity contribution < 1.29 is 9.53 Å². The Bertz CT molecular complexity index is 1160. The molecule has 0 aliphatic carbocycles. The lowest BCUT2D eigenvalue weighted by molar-refractivity contribution is 0.0936. The molecule has 0 saturated carbocycles. The monoisotopic (exact) mass is 473 g/mol. The Hall–Kier alpha value is -2.54. The lowest BCUT2D eigenvalue weighted by Crippen LogP contribution is -2.39. The standard InChI is InChI=1S/C24H25Cl2N3O3/c25-21-6-5-17(15-22(21)26)32-16-8-13-29(14-9-16)12-2-10-27-23(30)19-3-1-4-20-18(19)7-11-28-24(20)31/h1,3-7,11,15-16H,2,8-10,12-14H2,(H,27,30)(H,28,31). The van der Waals surface area contributed by atoms with Gasteiger partial charge in [-0.15, -0.1) is 0 Å². The van der Waals surface area contributed by atoms with Gasteiger partial charge in [0, 0.05) is 48.2 Å². The summed E-state index contributed by atoms with van der Waals surface area (Å²) in [7, 11) is 0. The number of halogens is 2. The fourth-order valence-corrected chi connectivity index (χ4v) is 4.30. The molecule has 1 aromatic heterocycles. The first-order valence-electron chi connectivity index (χ1n) is 10.7. The van der Waals surface area contributed by atoms with Crippen LogP contribution in [-0.4, -0.2) is 48.1 Å². The second-order valence-corrected chi connectivity index (χ2v) is 8.73. The largest absolute Gasteiger partial charge is 0.490 e. The van der Waals surface area contributed by atoms with E-state index in [2.05, 4.69) is 15.2 Å². The third-order valence-corrected chi connectivity index (χ3v) is 6.46. The molecule has 1 saturated heterocycles. The van der Waals surface area contributed by atoms with Gasteiger partial charge in [-0.05, 0) is 56.1 Å². The second-order valence-electron chi connectivity index (χ2n) is 7.92. The molecule has 4 rings (SSSR count). The van der Waals surface area contributed by atoms with Crippen molar-refractivity contribution in [2.24, 2.45) is 0 Å². The highest BCUT2D eigenvalue weighted by atomic mass is 35.5. The molecule has 32 heavy (non-hydrogen) atoms. The quantitative estimate of drug-likeness (QED) is 0.495. The number of nitrogens with one attached hydrogen (secondary N) is 2. The van der Waals surface area contributed by atoms with E-state index in [9.17, 15) is 9.59 Å². The molecular weight excluding hydrogens is 449 g/mol. The van der Waals surface area contributed by atoms with Gasteiger partial charge in [-0.25, -0.2) is 0 Å². The van der Waals surface area contributed by atoms with Crippen molar-refractivity contribution in [3.8, 4) is 5.75 Å². The van der Waals surface area contributed by atoms with Crippen molar-refractivity contribution in [1.82, 2.24) is 15.2 Å². The number of aromatic nitrogens is 1. The molecule has 6 nitrogen and oxygen atoms in total. The number of hydrogen-bond donors (Lipinski definition) is 2. The summed E-state index contributed by atoms with van der Waals surface area (Å²) in [5, 5.41) is 5.18. The highest BCUT2D eigenvalue weighted by Crippen LogP contribution is 2.28. The maximum absolute atomic E-state index is 12.6. The third-order valence-electron chi connectivity index (χ3n) is 5.72. The fourth-order valence-electron chi connectivity index (χ4n) is 4.01. The summed E-state index contributed by atoms with van der Waals surface area (Å²) >= 11 is 12.0. The Balaban J connectivity index is 1.20. The van der Waals surface area contributed by atoms with Crippen molar-refractivity contribution in [3.05, 3.63) is 74.6 Å². The summed E-state index contributed by atoms with van der Waals surface area (Å²) < 4.78 is 6.04. The second kappa shape index (κ2) is 10.4. The van der Waals surface area contributed by atoms with Gasteiger partial charge in [-0.2, -0.15) is 0 Å². The molecule has 1 fully saturated rings. The number of hydrogen-bond acceptors (Lipinski definition) is 4. The van der Waals surface area contributed by atoms with Gasteiger partial charge in [0.05, 0.1) is 10.0 Å². The molecule has 3 aromatic rings. The summed E-state index contributed by atoms with van der Waals surface area (Å²) in [4.78, 5) is 29.6. The number of carbonyl (C=O) groups excluding carboxylic acids is 1. The number of benzene rings is 2. The minimum Gasteiger partial charge on any atom is -0.490 e. The predicted octanol–water partition coefficient (Wildman–Crippen LogP) is 4.50. The van der Waals surface area contributed by atoms with Crippen LogP contribution in [0.5, 0.6) is 5.75 Å². The Morgan fingerprint density at radius 3 is 2.69 bits per heavy atom. The Morgan fingerprint density at radius 2 is 1.91 bits per heavy atom. The fraction of sp³-hybridized carbons (Fsp3) is 0.333. The van der Waals surface area contributed by atoms with Crippen LogP contribution in [-0.2, 0) is 0 Å². The number of H-pyrrole nitrogens is 1. The minimum absolute atomic E-state index is 0.157. The van der Waals surface area contributed by atoms with E-state index in [0.29, 0.717) is 32.9 Å². The zero-order valence-corrected chi connectivity index (χ0v) is 19.1. The van der Waals surface area contributed by atoms with Crippen molar-refractivity contribution >= 4 is 39.9 Å². The highest BCUT2D eigenvalue weighted by Gasteiger charge is 2.20. The van der Waals surface area contributed by atoms with Gasteiger partial charge in [0.15, 0.2) is 0 Å². The molecule has 2 aromatic carbocycles. The summed E-state index contributed by atoms with van der Waals surface area (Å²) in [5.41, 5.74) is 0.331. The molecule has 0 unspecified atom stereocenters. The van der Waals surface area contributed by atoms with E-state index < -0.39 is 0 Å². The van der Waals surface area contributed by atoms with Crippen LogP contribution in [0.1, 0.15) is 29.6 Å². The van der Waals surface area contributed by atoms with E-state index in [4.69, 9.17) is 27.9 Å². The summed E-state index contributed by atoms with van der Waals surface area (Å²) in [5.74, 6) is 0.589. The average molecular weight is 474 g/mol. The van der Waals surface area contributed by atoms with E-state index >= 15 is 0 Å². The zero-order valence-electron chi connectivity index (χ0n) is 17.6. The van der Waals surface area contributed by atoms with Gasteiger partial charge >= 0.3 is 0 Å². The van der Waals surface area contributed by atoms with Gasteiger partial charge in [-0.3, -0.25) is 9.59 Å². The number of likely N-dealkylation sites (tertiary alicyclic amines) is 1. The average Bonchev–Trinajstić information content (AvgIpc) is 2.80. The lowest BCUT2D eigenvalue weighted by Gasteiger charge is -2.32. The van der Waals surface area contributed by atoms with Gasteiger partial charge in [-0.1, -0.05) is 29.3 Å². The maximum Gasteiger partial charge on any atom is 0.255 e. The predicted molar refractivity (Wildman–Crippen MR) is 128 cm³/mol. The summed E-state index contributed by atoms with van der Waals surface area (Å²) in [6, 6.07) is 12.3. The molecule has 168 valence electrons. The van der Waals surface area contributed by atoms with Crippen molar-refractivity contribution in [3.63, 3.8) is 0 Å². The van der Waals surface area contributed by atoms with E-state index in [-0.39, 0.29) is 17.6 Å². The van der Waals surface area contributed by atoms with E-state index in [1.54, 1.807) is 42.6 Å². The zero-order chi connectivity index (χ0) is 22.5. The first-order chi connectivity index (χ1) is 15.5. The molecule has 2 N–H and O–H groups in total. The number of ether oxygens (including phenoxy) is 1. The molecule has 1 amide bonds. The van der Waals surface area contributed by atoms with Crippen LogP contribution in [0.4, 0.5) is 0 Å². The molecule has 2 heterocycles. The molecular formula is C24H25Cl2N3O3. The minimum atomic E-state index is -0.191.